The summed E-state index contributed by atoms with van der Waals surface area (Å²) in [6.07, 6.45) is 0.773. The van der Waals surface area contributed by atoms with Crippen molar-refractivity contribution in [2.45, 2.75) is 33.3 Å². The molecule has 0 aliphatic carbocycles. The minimum atomic E-state index is -0.320. The molecular weight excluding hydrogens is 376 g/mol. The number of nitrogens with one attached hydrogen (secondary N) is 1. The highest BCUT2D eigenvalue weighted by atomic mass is 35.5. The number of rotatable bonds is 7. The van der Waals surface area contributed by atoms with Crippen LogP contribution in [0.1, 0.15) is 32.8 Å². The van der Waals surface area contributed by atoms with Gasteiger partial charge in [-0.25, -0.2) is 0 Å². The first kappa shape index (κ1) is 20.0. The molecule has 2 amide bonds. The lowest BCUT2D eigenvalue weighted by molar-refractivity contribution is -0.136. The van der Waals surface area contributed by atoms with Crippen LogP contribution in [0.4, 0.5) is 5.69 Å². The van der Waals surface area contributed by atoms with Crippen molar-refractivity contribution in [2.24, 2.45) is 0 Å². The monoisotopic (exact) mass is 398 g/mol. The van der Waals surface area contributed by atoms with E-state index in [1.807, 2.05) is 45.0 Å². The second kappa shape index (κ2) is 8.48. The molecular formula is C22H23ClN2O3. The van der Waals surface area contributed by atoms with E-state index in [-0.39, 0.29) is 23.6 Å². The molecule has 0 fully saturated rings. The number of carbonyl (C=O) groups is 2. The van der Waals surface area contributed by atoms with E-state index in [9.17, 15) is 9.59 Å². The van der Waals surface area contributed by atoms with Crippen LogP contribution < -0.4 is 10.1 Å². The molecule has 0 saturated carbocycles. The molecule has 2 aromatic carbocycles. The standard InChI is InChI=1S/C22H23ClN2O3/c1-4-13-25-21(26)19(15-5-7-16(23)8-6-15)20(22(25)27)24-17-9-11-18(12-10-17)28-14(2)3/h5-12,14,24H,4,13H2,1-3H3. The van der Waals surface area contributed by atoms with E-state index in [0.717, 1.165) is 5.75 Å². The van der Waals surface area contributed by atoms with Crippen LogP contribution in [0.15, 0.2) is 54.2 Å². The number of amides is 2. The van der Waals surface area contributed by atoms with Gasteiger partial charge in [-0.15, -0.1) is 0 Å². The van der Waals surface area contributed by atoms with Gasteiger partial charge in [-0.1, -0.05) is 30.7 Å². The molecule has 3 rings (SSSR count). The summed E-state index contributed by atoms with van der Waals surface area (Å²) in [5, 5.41) is 3.70. The van der Waals surface area contributed by atoms with Crippen molar-refractivity contribution in [2.75, 3.05) is 11.9 Å². The second-order valence-electron chi connectivity index (χ2n) is 6.83. The van der Waals surface area contributed by atoms with Crippen LogP contribution in [0.5, 0.6) is 5.75 Å². The van der Waals surface area contributed by atoms with Crippen molar-refractivity contribution >= 4 is 34.7 Å². The van der Waals surface area contributed by atoms with Crippen LogP contribution in [-0.4, -0.2) is 29.4 Å². The van der Waals surface area contributed by atoms with Crippen LogP contribution in [0.25, 0.3) is 5.57 Å². The SMILES string of the molecule is CCCN1C(=O)C(Nc2ccc(OC(C)C)cc2)=C(c2ccc(Cl)cc2)C1=O. The van der Waals surface area contributed by atoms with Crippen molar-refractivity contribution in [3.63, 3.8) is 0 Å². The van der Waals surface area contributed by atoms with Crippen LogP contribution in [0, 0.1) is 0 Å². The Bertz CT molecular complexity index is 902. The quantitative estimate of drug-likeness (QED) is 0.685. The van der Waals surface area contributed by atoms with Gasteiger partial charge >= 0.3 is 0 Å². The Morgan fingerprint density at radius 2 is 1.64 bits per heavy atom. The molecule has 1 heterocycles. The molecule has 0 bridgehead atoms. The van der Waals surface area contributed by atoms with Gasteiger partial charge < -0.3 is 10.1 Å². The first-order valence-electron chi connectivity index (χ1n) is 9.31. The summed E-state index contributed by atoms with van der Waals surface area (Å²) >= 11 is 5.97. The van der Waals surface area contributed by atoms with Crippen LogP contribution in [0.3, 0.4) is 0 Å². The Kier molecular flexibility index (Phi) is 6.05. The van der Waals surface area contributed by atoms with Gasteiger partial charge in [-0.05, 0) is 62.2 Å². The van der Waals surface area contributed by atoms with E-state index in [0.29, 0.717) is 34.8 Å². The summed E-state index contributed by atoms with van der Waals surface area (Å²) < 4.78 is 5.65. The maximum Gasteiger partial charge on any atom is 0.278 e. The van der Waals surface area contributed by atoms with Gasteiger partial charge in [0.05, 0.1) is 11.7 Å². The zero-order chi connectivity index (χ0) is 20.3. The summed E-state index contributed by atoms with van der Waals surface area (Å²) in [7, 11) is 0. The second-order valence-corrected chi connectivity index (χ2v) is 7.27. The number of carbonyl (C=O) groups excluding carboxylic acids is 2. The Hall–Kier alpha value is -2.79. The predicted molar refractivity (Wildman–Crippen MR) is 111 cm³/mol. The van der Waals surface area contributed by atoms with Crippen LogP contribution >= 0.6 is 11.6 Å². The third kappa shape index (κ3) is 4.20. The van der Waals surface area contributed by atoms with Gasteiger partial charge in [0.2, 0.25) is 0 Å². The lowest BCUT2D eigenvalue weighted by atomic mass is 10.0. The Morgan fingerprint density at radius 3 is 2.21 bits per heavy atom. The van der Waals surface area contributed by atoms with Gasteiger partial charge in [-0.2, -0.15) is 0 Å². The lowest BCUT2D eigenvalue weighted by Crippen LogP contribution is -2.33. The summed E-state index contributed by atoms with van der Waals surface area (Å²) in [6.45, 7) is 6.23. The van der Waals surface area contributed by atoms with E-state index < -0.39 is 0 Å². The molecule has 0 radical (unpaired) electrons. The van der Waals surface area contributed by atoms with Crippen molar-refractivity contribution < 1.29 is 14.3 Å². The molecule has 0 unspecified atom stereocenters. The van der Waals surface area contributed by atoms with Crippen molar-refractivity contribution in [3.8, 4) is 5.75 Å². The van der Waals surface area contributed by atoms with Gasteiger partial charge in [-0.3, -0.25) is 14.5 Å². The van der Waals surface area contributed by atoms with E-state index in [2.05, 4.69) is 5.32 Å². The number of anilines is 1. The fourth-order valence-electron chi connectivity index (χ4n) is 3.04. The number of nitrogens with zero attached hydrogens (tertiary/aromatic N) is 1. The highest BCUT2D eigenvalue weighted by Gasteiger charge is 2.38. The predicted octanol–water partition coefficient (Wildman–Crippen LogP) is 4.73. The first-order chi connectivity index (χ1) is 13.4. The molecule has 1 N–H and O–H groups in total. The fraction of sp³-hybridized carbons (Fsp3) is 0.273. The maximum absolute atomic E-state index is 12.9. The lowest BCUT2D eigenvalue weighted by Gasteiger charge is -2.14. The molecule has 0 atom stereocenters. The number of hydrogen-bond acceptors (Lipinski definition) is 4. The zero-order valence-corrected chi connectivity index (χ0v) is 16.9. The molecule has 0 aromatic heterocycles. The molecule has 0 saturated heterocycles. The topological polar surface area (TPSA) is 58.6 Å². The summed E-state index contributed by atoms with van der Waals surface area (Å²) in [4.78, 5) is 27.1. The highest BCUT2D eigenvalue weighted by molar-refractivity contribution is 6.36. The Balaban J connectivity index is 1.96. The highest BCUT2D eigenvalue weighted by Crippen LogP contribution is 2.31. The summed E-state index contributed by atoms with van der Waals surface area (Å²) in [5.41, 5.74) is 2.00. The first-order valence-corrected chi connectivity index (χ1v) is 9.68. The number of imide groups is 1. The Labute approximate surface area is 169 Å². The normalized spacial score (nSPS) is 14.2. The smallest absolute Gasteiger partial charge is 0.278 e. The van der Waals surface area contributed by atoms with Crippen molar-refractivity contribution in [1.29, 1.82) is 0 Å². The number of halogens is 1. The molecule has 1 aliphatic heterocycles. The largest absolute Gasteiger partial charge is 0.491 e. The molecule has 146 valence electrons. The van der Waals surface area contributed by atoms with Crippen LogP contribution in [-0.2, 0) is 9.59 Å². The van der Waals surface area contributed by atoms with E-state index in [1.54, 1.807) is 24.3 Å². The van der Waals surface area contributed by atoms with E-state index in [1.165, 1.54) is 4.90 Å². The average molecular weight is 399 g/mol. The molecule has 2 aromatic rings. The van der Waals surface area contributed by atoms with Gasteiger partial charge in [0.25, 0.3) is 11.8 Å². The molecule has 1 aliphatic rings. The maximum atomic E-state index is 12.9. The van der Waals surface area contributed by atoms with Crippen molar-refractivity contribution in [1.82, 2.24) is 4.90 Å². The van der Waals surface area contributed by atoms with E-state index >= 15 is 0 Å². The molecule has 28 heavy (non-hydrogen) atoms. The summed E-state index contributed by atoms with van der Waals surface area (Å²) in [6, 6.07) is 14.2. The zero-order valence-electron chi connectivity index (χ0n) is 16.2. The average Bonchev–Trinajstić information content (AvgIpc) is 2.88. The fourth-order valence-corrected chi connectivity index (χ4v) is 3.16. The molecule has 6 heteroatoms. The van der Waals surface area contributed by atoms with Gasteiger partial charge in [0.1, 0.15) is 11.4 Å². The number of ether oxygens (including phenoxy) is 1. The number of hydrogen-bond donors (Lipinski definition) is 1. The van der Waals surface area contributed by atoms with Crippen LogP contribution in [0.2, 0.25) is 5.02 Å². The Morgan fingerprint density at radius 1 is 1.00 bits per heavy atom. The van der Waals surface area contributed by atoms with Gasteiger partial charge in [0, 0.05) is 17.3 Å². The minimum absolute atomic E-state index is 0.0784. The van der Waals surface area contributed by atoms with Gasteiger partial charge in [0.15, 0.2) is 0 Å². The van der Waals surface area contributed by atoms with E-state index in [4.69, 9.17) is 16.3 Å². The third-order valence-electron chi connectivity index (χ3n) is 4.24. The van der Waals surface area contributed by atoms with Crippen molar-refractivity contribution in [3.05, 3.63) is 64.8 Å². The summed E-state index contributed by atoms with van der Waals surface area (Å²) in [5.74, 6) is 0.129. The third-order valence-corrected chi connectivity index (χ3v) is 4.50. The number of benzene rings is 2. The molecule has 0 spiro atoms. The molecule has 5 nitrogen and oxygen atoms in total. The minimum Gasteiger partial charge on any atom is -0.491 e.